The number of hydrogen-bond donors (Lipinski definition) is 5. The van der Waals surface area contributed by atoms with E-state index >= 15 is 0 Å². The Kier molecular flexibility index (Phi) is 42.5. The minimum atomic E-state index is 1.05. The zero-order chi connectivity index (χ0) is 49.7. The highest BCUT2D eigenvalue weighted by Gasteiger charge is 2.01. The van der Waals surface area contributed by atoms with E-state index in [2.05, 4.69) is 95.8 Å². The number of H-pyrrole nitrogens is 7. The molecule has 0 bridgehead atoms. The van der Waals surface area contributed by atoms with Gasteiger partial charge in [0.2, 0.25) is 25.3 Å². The van der Waals surface area contributed by atoms with Crippen molar-refractivity contribution < 1.29 is 24.1 Å². The van der Waals surface area contributed by atoms with Gasteiger partial charge >= 0.3 is 0 Å². The zero-order valence-electron chi connectivity index (χ0n) is 36.2. The van der Waals surface area contributed by atoms with Gasteiger partial charge in [-0.3, -0.25) is 14.9 Å². The van der Waals surface area contributed by atoms with E-state index < -0.39 is 0 Å². The van der Waals surface area contributed by atoms with Crippen LogP contribution in [0.1, 0.15) is 24.9 Å². The molecule has 0 radical (unpaired) electrons. The number of rotatable bonds is 2. The molecule has 25 heteroatoms. The Morgan fingerprint density at radius 1 is 0.697 bits per heavy atom. The molecule has 334 valence electrons. The third-order valence-corrected chi connectivity index (χ3v) is 6.50. The normalized spacial score (nSPS) is 8.62. The summed E-state index contributed by atoms with van der Waals surface area (Å²) in [5, 5.41) is 77.4. The predicted octanol–water partition coefficient (Wildman–Crippen LogP) is 3.72. The first-order valence-corrected chi connectivity index (χ1v) is 18.4. The van der Waals surface area contributed by atoms with Crippen molar-refractivity contribution in [3.8, 4) is 42.2 Å². The van der Waals surface area contributed by atoms with Crippen LogP contribution in [0.25, 0.3) is 49.3 Å². The number of aromatic nitrogens is 8. The molecule has 0 unspecified atom stereocenters. The van der Waals surface area contributed by atoms with Crippen LogP contribution in [0.15, 0.2) is 123 Å². The molecule has 2 aromatic carbocycles. The second-order valence-corrected chi connectivity index (χ2v) is 11.0. The van der Waals surface area contributed by atoms with E-state index in [1.165, 1.54) is 91.1 Å². The van der Waals surface area contributed by atoms with Crippen molar-refractivity contribution in [1.82, 2.24) is 25.3 Å². The average Bonchev–Trinajstić information content (AvgIpc) is 4.21. The Balaban J connectivity index is -0.000000679. The van der Waals surface area contributed by atoms with Gasteiger partial charge < -0.3 is 52.0 Å². The van der Waals surface area contributed by atoms with E-state index in [9.17, 15) is 0 Å². The Hall–Kier alpha value is -10.6. The van der Waals surface area contributed by atoms with Gasteiger partial charge in [-0.2, -0.15) is 26.3 Å². The molecule has 6 aromatic rings. The summed E-state index contributed by atoms with van der Waals surface area (Å²) in [7, 11) is 4.04. The fourth-order valence-corrected chi connectivity index (χ4v) is 3.88. The van der Waals surface area contributed by atoms with E-state index in [0.717, 1.165) is 29.7 Å². The SMILES string of the molecule is CCc1[nH]c(C)c[nH+]1.C[N+]1=CNCCC1.C[n+]1cc[nH]c1.N#CN=C=[N-].N#CN=C=[N-].N#CN=C=[N-].N#CN=C=[N-].N#CN=C=[N-].c1ccc(-c2c[nH+]c[nH]2)cc1.c1ccc2[nH+]c[nH]c2c1. The number of imidazole rings is 4. The number of aryl methyl sites for hydroxylation is 3. The summed E-state index contributed by atoms with van der Waals surface area (Å²) in [4.78, 5) is 34.3. The van der Waals surface area contributed by atoms with Crippen molar-refractivity contribution in [1.29, 1.82) is 26.3 Å². The summed E-state index contributed by atoms with van der Waals surface area (Å²) in [5.41, 5.74) is 5.82. The van der Waals surface area contributed by atoms with Crippen molar-refractivity contribution in [2.24, 2.45) is 32.0 Å². The van der Waals surface area contributed by atoms with Gasteiger partial charge in [-0.05, 0) is 12.1 Å². The third-order valence-electron chi connectivity index (χ3n) is 6.50. The highest BCUT2D eigenvalue weighted by atomic mass is 15.1. The first-order chi connectivity index (χ1) is 32.1. The van der Waals surface area contributed by atoms with E-state index in [1.807, 2.05) is 111 Å². The van der Waals surface area contributed by atoms with Gasteiger partial charge in [-0.15, -0.1) is 30.0 Å². The number of nitriles is 5. The highest BCUT2D eigenvalue weighted by Crippen LogP contribution is 2.12. The van der Waals surface area contributed by atoms with Crippen molar-refractivity contribution >= 4 is 47.4 Å². The maximum absolute atomic E-state index is 7.43. The van der Waals surface area contributed by atoms with E-state index in [-0.39, 0.29) is 0 Å². The van der Waals surface area contributed by atoms with Crippen molar-refractivity contribution in [3.05, 3.63) is 137 Å². The standard InChI is InChI=1S/C9H8N2.C7H6N2.C6H10N2.C5H10N2.C4H6N2.5C2N3/c1-2-4-8(5-3-1)9-6-10-7-11-9;1-2-4-7-6(3-1)8-5-9-7;1-3-6-7-4-5(2)8-6;1-7-4-2-3-6-5-7;1-6-3-2-5-4-6;5*3-1-5-2-4/h1-7H,(H,10,11);1-5H,(H,8,9);4H,3H2,1-2H3,(H,7,8);5H,2-4H2,1H3;2-4H,1H3;;;;;/q;;;;;5*-1/p+5. The van der Waals surface area contributed by atoms with Gasteiger partial charge in [0, 0.05) is 25.3 Å². The lowest BCUT2D eigenvalue weighted by atomic mass is 10.2. The van der Waals surface area contributed by atoms with Gasteiger partial charge in [0.1, 0.15) is 30.5 Å². The van der Waals surface area contributed by atoms with Crippen LogP contribution in [-0.4, -0.2) is 81.0 Å². The molecule has 0 fully saturated rings. The first kappa shape index (κ1) is 59.7. The lowest BCUT2D eigenvalue weighted by Gasteiger charge is -2.04. The summed E-state index contributed by atoms with van der Waals surface area (Å²) >= 11 is 0. The summed E-state index contributed by atoms with van der Waals surface area (Å²) in [6.45, 7) is 6.49. The van der Waals surface area contributed by atoms with Crippen molar-refractivity contribution in [2.45, 2.75) is 26.7 Å². The molecule has 25 nitrogen and oxygen atoms in total. The summed E-state index contributed by atoms with van der Waals surface area (Å²) < 4.78 is 4.10. The highest BCUT2D eigenvalue weighted by molar-refractivity contribution is 5.70. The van der Waals surface area contributed by atoms with Crippen LogP contribution >= 0.6 is 0 Å². The minimum Gasteiger partial charge on any atom is -0.422 e. The van der Waals surface area contributed by atoms with Crippen LogP contribution < -0.4 is 24.8 Å². The lowest BCUT2D eigenvalue weighted by Crippen LogP contribution is -2.29. The number of benzene rings is 2. The van der Waals surface area contributed by atoms with Gasteiger partial charge in [0.25, 0.3) is 5.82 Å². The quantitative estimate of drug-likeness (QED) is 0.0979. The van der Waals surface area contributed by atoms with Crippen LogP contribution in [0.4, 0.5) is 0 Å². The Morgan fingerprint density at radius 2 is 1.24 bits per heavy atom. The molecule has 0 spiro atoms. The van der Waals surface area contributed by atoms with Crippen molar-refractivity contribution in [3.63, 3.8) is 0 Å². The summed E-state index contributed by atoms with van der Waals surface area (Å²) in [6, 6.07) is 24.7. The van der Waals surface area contributed by atoms with Crippen LogP contribution in [0, 0.1) is 64.2 Å². The molecule has 5 heterocycles. The molecule has 7 rings (SSSR count). The molecule has 0 amide bonds. The largest absolute Gasteiger partial charge is 0.422 e. The van der Waals surface area contributed by atoms with E-state index in [4.69, 9.17) is 53.4 Å². The Labute approximate surface area is 380 Å². The molecular weight excluding hydrogens is 843 g/mol. The molecule has 1 aliphatic rings. The molecule has 8 N–H and O–H groups in total. The van der Waals surface area contributed by atoms with Gasteiger partial charge in [0.05, 0.1) is 58.2 Å². The van der Waals surface area contributed by atoms with Crippen molar-refractivity contribution in [2.75, 3.05) is 20.1 Å². The molecule has 0 atom stereocenters. The summed E-state index contributed by atoms with van der Waals surface area (Å²) in [6.07, 6.45) is 24.0. The van der Waals surface area contributed by atoms with E-state index in [1.54, 1.807) is 0 Å². The smallest absolute Gasteiger partial charge is 0.251 e. The number of nitrogens with zero attached hydrogens (tertiary/aromatic N) is 17. The summed E-state index contributed by atoms with van der Waals surface area (Å²) in [5.74, 6) is 1.20. The molecular formula is C41H45N25. The molecule has 0 aliphatic carbocycles. The molecule has 0 saturated carbocycles. The van der Waals surface area contributed by atoms with Gasteiger partial charge in [-0.1, -0.05) is 49.4 Å². The number of para-hydroxylation sites is 2. The van der Waals surface area contributed by atoms with Gasteiger partial charge in [0.15, 0.2) is 16.7 Å². The first-order valence-electron chi connectivity index (χ1n) is 18.4. The molecule has 0 saturated heterocycles. The number of nitrogens with one attached hydrogen (secondary N) is 8. The molecule has 1 aliphatic heterocycles. The lowest BCUT2D eigenvalue weighted by molar-refractivity contribution is -0.670. The predicted molar refractivity (Wildman–Crippen MR) is 243 cm³/mol. The third kappa shape index (κ3) is 38.9. The number of fused-ring (bicyclic) bond motifs is 1. The minimum absolute atomic E-state index is 1.05. The number of hydrogen-bond acceptors (Lipinski definition) is 11. The second-order valence-electron chi connectivity index (χ2n) is 11.0. The molecule has 4 aromatic heterocycles. The number of aliphatic imine (C=N–C) groups is 5. The maximum atomic E-state index is 7.43. The average molecular weight is 888 g/mol. The van der Waals surface area contributed by atoms with Crippen LogP contribution in [-0.2, 0) is 13.5 Å². The monoisotopic (exact) mass is 887 g/mol. The Bertz CT molecular complexity index is 2450. The van der Waals surface area contributed by atoms with E-state index in [0.29, 0.717) is 0 Å². The van der Waals surface area contributed by atoms with Crippen LogP contribution in [0.2, 0.25) is 0 Å². The second kappa shape index (κ2) is 47.0. The fourth-order valence-electron chi connectivity index (χ4n) is 3.88. The number of aromatic amines is 7. The molecule has 66 heavy (non-hydrogen) atoms. The fraction of sp³-hybridized carbons (Fsp3) is 0.195. The zero-order valence-corrected chi connectivity index (χ0v) is 36.2. The van der Waals surface area contributed by atoms with Crippen LogP contribution in [0.5, 0.6) is 0 Å². The van der Waals surface area contributed by atoms with Gasteiger partial charge in [-0.25, -0.2) is 34.5 Å². The topological polar surface area (TPSA) is 417 Å². The van der Waals surface area contributed by atoms with Crippen LogP contribution in [0.3, 0.4) is 0 Å². The maximum Gasteiger partial charge on any atom is 0.251 e. The Morgan fingerprint density at radius 3 is 1.55 bits per heavy atom.